The topological polar surface area (TPSA) is 74.2 Å². The molecule has 14 heteroatoms. The van der Waals surface area contributed by atoms with E-state index in [9.17, 15) is 36.2 Å². The Kier molecular flexibility index (Phi) is 6.62. The number of hydrogen-bond acceptors (Lipinski definition) is 4. The molecular weight excluding hydrogens is 471 g/mol. The van der Waals surface area contributed by atoms with Crippen LogP contribution in [0.3, 0.4) is 0 Å². The minimum absolute atomic E-state index is 0.112. The van der Waals surface area contributed by atoms with Crippen molar-refractivity contribution in [2.75, 3.05) is 5.32 Å². The van der Waals surface area contributed by atoms with Gasteiger partial charge in [-0.15, -0.1) is 11.3 Å². The first-order valence-corrected chi connectivity index (χ1v) is 9.05. The van der Waals surface area contributed by atoms with E-state index >= 15 is 0 Å². The summed E-state index contributed by atoms with van der Waals surface area (Å²) in [5, 5.41) is 12.3. The van der Waals surface area contributed by atoms with Gasteiger partial charge in [0.15, 0.2) is 10.6 Å². The summed E-state index contributed by atoms with van der Waals surface area (Å²) in [6, 6.07) is 0.649. The lowest BCUT2D eigenvalue weighted by molar-refractivity contribution is -0.258. The monoisotopic (exact) mass is 481 g/mol. The van der Waals surface area contributed by atoms with Crippen molar-refractivity contribution < 1.29 is 36.2 Å². The van der Waals surface area contributed by atoms with Gasteiger partial charge in [0.1, 0.15) is 0 Å². The van der Waals surface area contributed by atoms with Crippen molar-refractivity contribution in [2.45, 2.75) is 31.4 Å². The molecule has 2 rings (SSSR count). The predicted molar refractivity (Wildman–Crippen MR) is 95.1 cm³/mol. The molecule has 0 aliphatic heterocycles. The van der Waals surface area contributed by atoms with E-state index in [1.807, 2.05) is 0 Å². The van der Waals surface area contributed by atoms with Crippen LogP contribution in [0.2, 0.25) is 10.0 Å². The quantitative estimate of drug-likeness (QED) is 0.500. The van der Waals surface area contributed by atoms with Gasteiger partial charge in [-0.25, -0.2) is 9.78 Å². The average Bonchev–Trinajstić information content (AvgIpc) is 3.04. The normalized spacial score (nSPS) is 14.4. The number of aliphatic hydroxyl groups is 1. The summed E-state index contributed by atoms with van der Waals surface area (Å²) >= 11 is 12.1. The molecule has 1 atom stereocenters. The molecule has 5 nitrogen and oxygen atoms in total. The highest BCUT2D eigenvalue weighted by atomic mass is 35.5. The van der Waals surface area contributed by atoms with Gasteiger partial charge in [0, 0.05) is 11.1 Å². The van der Waals surface area contributed by atoms with Crippen LogP contribution >= 0.6 is 34.5 Å². The Morgan fingerprint density at radius 3 is 2.17 bits per heavy atom. The Labute approximate surface area is 173 Å². The third kappa shape index (κ3) is 5.44. The lowest BCUT2D eigenvalue weighted by Gasteiger charge is -2.27. The van der Waals surface area contributed by atoms with Crippen molar-refractivity contribution in [3.8, 4) is 0 Å². The average molecular weight is 482 g/mol. The van der Waals surface area contributed by atoms with Crippen LogP contribution in [-0.2, 0) is 18.3 Å². The molecule has 0 bridgehead atoms. The van der Waals surface area contributed by atoms with E-state index in [0.717, 1.165) is 18.3 Å². The predicted octanol–water partition coefficient (Wildman–Crippen LogP) is 5.56. The summed E-state index contributed by atoms with van der Waals surface area (Å²) in [4.78, 5) is 15.2. The zero-order chi connectivity index (χ0) is 22.2. The zero-order valence-corrected chi connectivity index (χ0v) is 16.5. The fraction of sp³-hybridized carbons (Fsp3) is 0.333. The van der Waals surface area contributed by atoms with E-state index in [2.05, 4.69) is 15.6 Å². The smallest absolute Gasteiger partial charge is 0.376 e. The number of nitrogens with one attached hydrogen (secondary N) is 2. The maximum absolute atomic E-state index is 12.9. The van der Waals surface area contributed by atoms with Crippen molar-refractivity contribution in [3.63, 3.8) is 0 Å². The second-order valence-corrected chi connectivity index (χ2v) is 7.75. The van der Waals surface area contributed by atoms with Gasteiger partial charge in [0.2, 0.25) is 0 Å². The molecule has 3 N–H and O–H groups in total. The number of carbonyl (C=O) groups excluding carboxylic acids is 1. The number of urea groups is 1. The van der Waals surface area contributed by atoms with Gasteiger partial charge in [0.25, 0.3) is 0 Å². The van der Waals surface area contributed by atoms with E-state index in [-0.39, 0.29) is 27.2 Å². The van der Waals surface area contributed by atoms with Gasteiger partial charge < -0.3 is 15.7 Å². The van der Waals surface area contributed by atoms with Crippen molar-refractivity contribution >= 4 is 46.3 Å². The number of carbonyl (C=O) groups is 1. The first-order valence-electron chi connectivity index (χ1n) is 7.48. The lowest BCUT2D eigenvalue weighted by Crippen LogP contribution is -2.39. The standard InChI is InChI=1S/C15H11Cl2F6N3O2S/c1-13(28,15(21,22)23)6-2-8(16)10(9(17)3-6)26-12(27)25-5-7-4-24-11(29-7)14(18,19)20/h2-4,28H,5H2,1H3,(H2,25,26,27)/t13-/m1/s1. The van der Waals surface area contributed by atoms with E-state index in [1.54, 1.807) is 0 Å². The molecule has 1 aromatic carbocycles. The Morgan fingerprint density at radius 1 is 1.17 bits per heavy atom. The molecule has 0 radical (unpaired) electrons. The van der Waals surface area contributed by atoms with Crippen molar-refractivity contribution in [1.82, 2.24) is 10.3 Å². The van der Waals surface area contributed by atoms with E-state index in [0.29, 0.717) is 18.3 Å². The Balaban J connectivity index is 2.10. The fourth-order valence-electron chi connectivity index (χ4n) is 1.98. The van der Waals surface area contributed by atoms with Gasteiger partial charge >= 0.3 is 18.4 Å². The van der Waals surface area contributed by atoms with Crippen LogP contribution in [0, 0.1) is 0 Å². The van der Waals surface area contributed by atoms with E-state index in [4.69, 9.17) is 23.2 Å². The molecular formula is C15H11Cl2F6N3O2S. The molecule has 2 aromatic rings. The molecule has 2 amide bonds. The van der Waals surface area contributed by atoms with Crippen LogP contribution in [0.25, 0.3) is 0 Å². The molecule has 160 valence electrons. The highest BCUT2D eigenvalue weighted by molar-refractivity contribution is 7.11. The number of thiazole rings is 1. The first kappa shape index (κ1) is 23.5. The molecule has 0 aliphatic carbocycles. The second-order valence-electron chi connectivity index (χ2n) is 5.82. The minimum Gasteiger partial charge on any atom is -0.376 e. The number of halogens is 8. The van der Waals surface area contributed by atoms with Gasteiger partial charge in [-0.1, -0.05) is 23.2 Å². The molecule has 0 aliphatic rings. The Bertz CT molecular complexity index is 891. The van der Waals surface area contributed by atoms with Gasteiger partial charge in [-0.05, 0) is 24.6 Å². The van der Waals surface area contributed by atoms with Gasteiger partial charge in [0.05, 0.1) is 22.3 Å². The first-order chi connectivity index (χ1) is 13.1. The molecule has 1 aromatic heterocycles. The van der Waals surface area contributed by atoms with Crippen LogP contribution in [0.15, 0.2) is 18.3 Å². The molecule has 29 heavy (non-hydrogen) atoms. The number of anilines is 1. The number of alkyl halides is 6. The Hall–Kier alpha value is -1.76. The molecule has 0 fully saturated rings. The third-order valence-corrected chi connectivity index (χ3v) is 5.25. The largest absolute Gasteiger partial charge is 0.443 e. The summed E-state index contributed by atoms with van der Waals surface area (Å²) in [6.45, 7) is 0.217. The SMILES string of the molecule is C[C@@](O)(c1cc(Cl)c(NC(=O)NCc2cnc(C(F)(F)F)s2)c(Cl)c1)C(F)(F)F. The number of amides is 2. The maximum atomic E-state index is 12.9. The van der Waals surface area contributed by atoms with Crippen molar-refractivity contribution in [3.05, 3.63) is 43.8 Å². The summed E-state index contributed by atoms with van der Waals surface area (Å²) in [7, 11) is 0. The minimum atomic E-state index is -5.00. The highest BCUT2D eigenvalue weighted by Crippen LogP contribution is 2.42. The highest BCUT2D eigenvalue weighted by Gasteiger charge is 2.51. The molecule has 1 heterocycles. The summed E-state index contributed by atoms with van der Waals surface area (Å²) in [5.74, 6) is 0. The van der Waals surface area contributed by atoms with Crippen LogP contribution in [0.5, 0.6) is 0 Å². The van der Waals surface area contributed by atoms with Crippen LogP contribution in [0.4, 0.5) is 36.8 Å². The number of aromatic nitrogens is 1. The lowest BCUT2D eigenvalue weighted by atomic mass is 9.95. The van der Waals surface area contributed by atoms with Gasteiger partial charge in [-0.3, -0.25) is 0 Å². The fourth-order valence-corrected chi connectivity index (χ4v) is 3.28. The number of nitrogens with zero attached hydrogens (tertiary/aromatic N) is 1. The third-order valence-electron chi connectivity index (χ3n) is 3.61. The maximum Gasteiger partial charge on any atom is 0.443 e. The number of benzene rings is 1. The summed E-state index contributed by atoms with van der Waals surface area (Å²) < 4.78 is 76.3. The Morgan fingerprint density at radius 2 is 1.72 bits per heavy atom. The van der Waals surface area contributed by atoms with Crippen molar-refractivity contribution in [1.29, 1.82) is 0 Å². The van der Waals surface area contributed by atoms with Crippen LogP contribution in [0.1, 0.15) is 22.4 Å². The number of hydrogen-bond donors (Lipinski definition) is 3. The molecule has 0 spiro atoms. The van der Waals surface area contributed by atoms with Gasteiger partial charge in [-0.2, -0.15) is 26.3 Å². The van der Waals surface area contributed by atoms with Crippen molar-refractivity contribution in [2.24, 2.45) is 0 Å². The zero-order valence-electron chi connectivity index (χ0n) is 14.2. The number of rotatable bonds is 4. The second kappa shape index (κ2) is 8.17. The molecule has 0 unspecified atom stereocenters. The van der Waals surface area contributed by atoms with E-state index in [1.165, 1.54) is 0 Å². The van der Waals surface area contributed by atoms with Crippen LogP contribution in [-0.4, -0.2) is 22.3 Å². The summed E-state index contributed by atoms with van der Waals surface area (Å²) in [5.41, 5.74) is -4.12. The van der Waals surface area contributed by atoms with Crippen LogP contribution < -0.4 is 10.6 Å². The molecule has 0 saturated heterocycles. The summed E-state index contributed by atoms with van der Waals surface area (Å²) in [6.07, 6.45) is -8.66. The van der Waals surface area contributed by atoms with E-state index < -0.39 is 34.6 Å². The molecule has 0 saturated carbocycles.